The maximum Gasteiger partial charge on any atom is 0.494 e. The monoisotopic (exact) mass is 554 g/mol. The number of benzene rings is 1. The normalized spacial score (nSPS) is 22.4. The molecule has 2 heterocycles. The van der Waals surface area contributed by atoms with E-state index in [0.717, 1.165) is 54.0 Å². The molecule has 2 fully saturated rings. The van der Waals surface area contributed by atoms with E-state index in [2.05, 4.69) is 57.1 Å². The lowest BCUT2D eigenvalue weighted by Crippen LogP contribution is -2.47. The molecule has 1 aliphatic heterocycles. The van der Waals surface area contributed by atoms with Crippen LogP contribution in [0.3, 0.4) is 0 Å². The lowest BCUT2D eigenvalue weighted by atomic mass is 9.77. The Hall–Kier alpha value is -2.43. The summed E-state index contributed by atoms with van der Waals surface area (Å²) >= 11 is 0. The number of anilines is 1. The molecule has 0 bridgehead atoms. The van der Waals surface area contributed by atoms with Crippen molar-refractivity contribution in [1.82, 2.24) is 14.9 Å². The van der Waals surface area contributed by atoms with Crippen LogP contribution in [-0.4, -0.2) is 77.2 Å². The molecule has 1 amide bonds. The van der Waals surface area contributed by atoms with Gasteiger partial charge in [0.1, 0.15) is 5.60 Å². The van der Waals surface area contributed by atoms with Gasteiger partial charge in [0.15, 0.2) is 0 Å². The quantitative estimate of drug-likeness (QED) is 0.451. The first kappa shape index (κ1) is 30.5. The lowest BCUT2D eigenvalue weighted by molar-refractivity contribution is 0.00578. The number of carbonyl (C=O) groups is 1. The summed E-state index contributed by atoms with van der Waals surface area (Å²) in [6.45, 7) is 17.1. The molecule has 2 aromatic rings. The fourth-order valence-corrected chi connectivity index (χ4v) is 5.35. The van der Waals surface area contributed by atoms with Gasteiger partial charge in [-0.05, 0) is 91.6 Å². The van der Waals surface area contributed by atoms with Crippen LogP contribution in [0, 0.1) is 0 Å². The lowest BCUT2D eigenvalue weighted by Gasteiger charge is -2.37. The first-order chi connectivity index (χ1) is 18.7. The van der Waals surface area contributed by atoms with E-state index in [9.17, 15) is 4.79 Å². The number of aromatic nitrogens is 2. The smallest absolute Gasteiger partial charge is 0.444 e. The largest absolute Gasteiger partial charge is 0.494 e. The Labute approximate surface area is 239 Å². The molecule has 220 valence electrons. The average molecular weight is 555 g/mol. The second-order valence-corrected chi connectivity index (χ2v) is 13.1. The zero-order valence-corrected chi connectivity index (χ0v) is 25.8. The van der Waals surface area contributed by atoms with Gasteiger partial charge in [-0.1, -0.05) is 19.1 Å². The number of amides is 1. The molecule has 1 aromatic heterocycles. The van der Waals surface area contributed by atoms with Crippen LogP contribution < -0.4 is 10.8 Å². The van der Waals surface area contributed by atoms with E-state index < -0.39 is 23.9 Å². The van der Waals surface area contributed by atoms with Crippen molar-refractivity contribution in [3.05, 3.63) is 23.9 Å². The molecule has 1 aromatic carbocycles. The fourth-order valence-electron chi connectivity index (χ4n) is 5.35. The molecule has 0 spiro atoms. The highest BCUT2D eigenvalue weighted by molar-refractivity contribution is 6.62. The minimum atomic E-state index is -0.531. The molecule has 1 saturated heterocycles. The molecule has 4 rings (SSSR count). The van der Waals surface area contributed by atoms with Crippen LogP contribution in [0.1, 0.15) is 86.6 Å². The molecule has 1 aliphatic carbocycles. The van der Waals surface area contributed by atoms with E-state index in [4.69, 9.17) is 23.8 Å². The highest BCUT2D eigenvalue weighted by atomic mass is 16.7. The number of fused-ring (bicyclic) bond motifs is 1. The van der Waals surface area contributed by atoms with Crippen LogP contribution in [0.15, 0.2) is 18.3 Å². The van der Waals surface area contributed by atoms with Gasteiger partial charge >= 0.3 is 13.2 Å². The Balaban J connectivity index is 1.43. The summed E-state index contributed by atoms with van der Waals surface area (Å²) in [6.07, 6.45) is 6.05. The number of nitrogens with one attached hydrogen (secondary N) is 1. The summed E-state index contributed by atoms with van der Waals surface area (Å²) in [5, 5.41) is 4.53. The Morgan fingerprint density at radius 3 is 2.35 bits per heavy atom. The van der Waals surface area contributed by atoms with Gasteiger partial charge in [0, 0.05) is 37.3 Å². The van der Waals surface area contributed by atoms with Gasteiger partial charge < -0.3 is 29.0 Å². The third kappa shape index (κ3) is 6.89. The Morgan fingerprint density at radius 2 is 1.77 bits per heavy atom. The summed E-state index contributed by atoms with van der Waals surface area (Å²) in [4.78, 5) is 24.3. The van der Waals surface area contributed by atoms with Crippen LogP contribution in [0.2, 0.25) is 0 Å². The zero-order valence-electron chi connectivity index (χ0n) is 25.8. The number of hydrogen-bond acceptors (Lipinski definition) is 8. The molecule has 40 heavy (non-hydrogen) atoms. The molecule has 0 unspecified atom stereocenters. The van der Waals surface area contributed by atoms with Gasteiger partial charge in [0.2, 0.25) is 5.95 Å². The maximum atomic E-state index is 12.9. The van der Waals surface area contributed by atoms with Crippen LogP contribution in [0.25, 0.3) is 10.9 Å². The number of nitrogens with zero attached hydrogens (tertiary/aromatic N) is 3. The summed E-state index contributed by atoms with van der Waals surface area (Å²) in [5.41, 5.74) is 1.77. The van der Waals surface area contributed by atoms with E-state index >= 15 is 0 Å². The molecule has 2 aliphatic rings. The Bertz CT molecular complexity index is 1170. The zero-order chi connectivity index (χ0) is 29.3. The van der Waals surface area contributed by atoms with Crippen molar-refractivity contribution in [3.8, 4) is 0 Å². The summed E-state index contributed by atoms with van der Waals surface area (Å²) in [7, 11) is 1.23. The first-order valence-corrected chi connectivity index (χ1v) is 14.6. The Morgan fingerprint density at radius 1 is 1.12 bits per heavy atom. The van der Waals surface area contributed by atoms with Gasteiger partial charge in [-0.15, -0.1) is 0 Å². The first-order valence-electron chi connectivity index (χ1n) is 14.6. The highest BCUT2D eigenvalue weighted by Gasteiger charge is 2.51. The van der Waals surface area contributed by atoms with E-state index in [0.29, 0.717) is 19.1 Å². The van der Waals surface area contributed by atoms with Crippen molar-refractivity contribution in [1.29, 1.82) is 0 Å². The van der Waals surface area contributed by atoms with Gasteiger partial charge in [-0.3, -0.25) is 0 Å². The van der Waals surface area contributed by atoms with E-state index in [1.807, 2.05) is 31.9 Å². The van der Waals surface area contributed by atoms with Crippen molar-refractivity contribution in [2.24, 2.45) is 0 Å². The number of carbonyl (C=O) groups excluding carboxylic acids is 1. The van der Waals surface area contributed by atoms with Crippen LogP contribution in [-0.2, 0) is 25.2 Å². The number of aryl methyl sites for hydroxylation is 1. The second-order valence-electron chi connectivity index (χ2n) is 13.1. The van der Waals surface area contributed by atoms with Gasteiger partial charge in [-0.25, -0.2) is 14.8 Å². The molecule has 10 heteroatoms. The highest BCUT2D eigenvalue weighted by Crippen LogP contribution is 2.37. The number of methoxy groups -OCH3 is 1. The van der Waals surface area contributed by atoms with Crippen LogP contribution in [0.4, 0.5) is 10.7 Å². The minimum Gasteiger partial charge on any atom is -0.444 e. The second kappa shape index (κ2) is 11.8. The Kier molecular flexibility index (Phi) is 9.02. The van der Waals surface area contributed by atoms with Crippen molar-refractivity contribution >= 4 is 35.5 Å². The van der Waals surface area contributed by atoms with Crippen molar-refractivity contribution in [2.45, 2.75) is 116 Å². The van der Waals surface area contributed by atoms with Crippen LogP contribution >= 0.6 is 0 Å². The number of rotatable bonds is 8. The third-order valence-electron chi connectivity index (χ3n) is 8.33. The maximum absolute atomic E-state index is 12.9. The van der Waals surface area contributed by atoms with Crippen molar-refractivity contribution < 1.29 is 23.6 Å². The predicted octanol–water partition coefficient (Wildman–Crippen LogP) is 5.10. The van der Waals surface area contributed by atoms with E-state index in [1.165, 1.54) is 0 Å². The number of hydrogen-bond donors (Lipinski definition) is 1. The molecule has 9 nitrogen and oxygen atoms in total. The number of ether oxygens (including phenoxy) is 2. The van der Waals surface area contributed by atoms with E-state index in [1.54, 1.807) is 7.11 Å². The summed E-state index contributed by atoms with van der Waals surface area (Å²) in [6, 6.07) is 4.60. The van der Waals surface area contributed by atoms with Gasteiger partial charge in [-0.2, -0.15) is 0 Å². The molecule has 1 saturated carbocycles. The fraction of sp³-hybridized carbons (Fsp3) is 0.700. The van der Waals surface area contributed by atoms with Gasteiger partial charge in [0.25, 0.3) is 0 Å². The van der Waals surface area contributed by atoms with Crippen LogP contribution in [0.5, 0.6) is 0 Å². The molecular formula is C30H47BN4O5. The molecule has 1 N–H and O–H groups in total. The van der Waals surface area contributed by atoms with Crippen molar-refractivity contribution in [3.63, 3.8) is 0 Å². The summed E-state index contributed by atoms with van der Waals surface area (Å²) < 4.78 is 23.5. The van der Waals surface area contributed by atoms with E-state index in [-0.39, 0.29) is 18.2 Å². The average Bonchev–Trinajstić information content (AvgIpc) is 3.10. The van der Waals surface area contributed by atoms with Crippen molar-refractivity contribution in [2.75, 3.05) is 25.6 Å². The molecular weight excluding hydrogens is 507 g/mol. The topological polar surface area (TPSA) is 95.0 Å². The molecule has 0 radical (unpaired) electrons. The third-order valence-corrected chi connectivity index (χ3v) is 8.33. The standard InChI is InChI=1S/C30H47BN4O5/c1-10-20-17-22(31-39-29(5,6)30(7,8)40-31)18-21-19-32-26(34-25(20)21)33-23-11-13-24(14-12-23)35(15-16-37-9)27(36)38-28(2,3)4/h17-19,23-24H,10-16H2,1-9H3,(H,32,33,34). The van der Waals surface area contributed by atoms with Gasteiger partial charge in [0.05, 0.1) is 23.3 Å². The summed E-state index contributed by atoms with van der Waals surface area (Å²) in [5.74, 6) is 0.636. The minimum absolute atomic E-state index is 0.126. The SMILES string of the molecule is CCc1cc(B2OC(C)(C)C(C)(C)O2)cc2cnc(NC3CCC(N(CCOC)C(=O)OC(C)(C)C)CC3)nc12. The molecule has 0 atom stereocenters. The predicted molar refractivity (Wildman–Crippen MR) is 159 cm³/mol.